The van der Waals surface area contributed by atoms with Crippen LogP contribution in [-0.2, 0) is 0 Å². The fourth-order valence-corrected chi connectivity index (χ4v) is 3.77. The highest BCUT2D eigenvalue weighted by molar-refractivity contribution is 8.79. The molecule has 0 rings (SSSR count). The van der Waals surface area contributed by atoms with Crippen molar-refractivity contribution in [3.8, 4) is 0 Å². The van der Waals surface area contributed by atoms with Gasteiger partial charge in [-0.2, -0.15) is 0 Å². The van der Waals surface area contributed by atoms with Gasteiger partial charge in [0.2, 0.25) is 0 Å². The fraction of sp³-hybridized carbons (Fsp3) is 0.667. The van der Waals surface area contributed by atoms with E-state index in [0.717, 1.165) is 0 Å². The fourth-order valence-electron chi connectivity index (χ4n) is 1.07. The highest BCUT2D eigenvalue weighted by Crippen LogP contribution is 2.39. The lowest BCUT2D eigenvalue weighted by Gasteiger charge is -2.06. The summed E-state index contributed by atoms with van der Waals surface area (Å²) in [5, 5.41) is 0. The van der Waals surface area contributed by atoms with Crippen molar-refractivity contribution in [3.05, 3.63) is 22.0 Å². The summed E-state index contributed by atoms with van der Waals surface area (Å²) in [4.78, 5) is 3.01. The third-order valence-corrected chi connectivity index (χ3v) is 4.82. The minimum atomic E-state index is 1.22. The zero-order valence-electron chi connectivity index (χ0n) is 9.80. The molecule has 0 aliphatic heterocycles. The lowest BCUT2D eigenvalue weighted by molar-refractivity contribution is 0.945. The van der Waals surface area contributed by atoms with Gasteiger partial charge in [-0.1, -0.05) is 60.4 Å². The summed E-state index contributed by atoms with van der Waals surface area (Å²) in [5.74, 6) is 0. The average molecular weight is 230 g/mol. The van der Waals surface area contributed by atoms with E-state index < -0.39 is 0 Å². The lowest BCUT2D eigenvalue weighted by Crippen LogP contribution is -1.76. The van der Waals surface area contributed by atoms with Gasteiger partial charge in [0.25, 0.3) is 0 Å². The molecule has 0 unspecified atom stereocenters. The van der Waals surface area contributed by atoms with E-state index in [0.29, 0.717) is 0 Å². The summed E-state index contributed by atoms with van der Waals surface area (Å²) >= 11 is 0. The molecule has 0 aliphatic carbocycles. The molecule has 0 amide bonds. The first-order chi connectivity index (χ1) is 6.78. The van der Waals surface area contributed by atoms with E-state index in [4.69, 9.17) is 0 Å². The average Bonchev–Trinajstić information content (AvgIpc) is 2.22. The molecule has 2 heteroatoms. The van der Waals surface area contributed by atoms with Crippen LogP contribution in [-0.4, -0.2) is 0 Å². The van der Waals surface area contributed by atoms with Crippen molar-refractivity contribution in [1.29, 1.82) is 0 Å². The Kier molecular flexibility index (Phi) is 9.85. The van der Waals surface area contributed by atoms with Crippen LogP contribution in [0.5, 0.6) is 0 Å². The van der Waals surface area contributed by atoms with Crippen molar-refractivity contribution in [2.75, 3.05) is 0 Å². The predicted molar refractivity (Wildman–Crippen MR) is 72.5 cm³/mol. The molecule has 0 nitrogen and oxygen atoms in total. The molecule has 82 valence electrons. The minimum Gasteiger partial charge on any atom is -0.0772 e. The van der Waals surface area contributed by atoms with E-state index in [1.165, 1.54) is 35.5 Å². The largest absolute Gasteiger partial charge is 0.0772 e. The normalized spacial score (nSPS) is 13.4. The van der Waals surface area contributed by atoms with Gasteiger partial charge < -0.3 is 0 Å². The second-order valence-corrected chi connectivity index (χ2v) is 5.56. The molecule has 14 heavy (non-hydrogen) atoms. The quantitative estimate of drug-likeness (QED) is 0.509. The summed E-state index contributed by atoms with van der Waals surface area (Å²) in [6.45, 7) is 8.73. The van der Waals surface area contributed by atoms with Crippen LogP contribution in [0.2, 0.25) is 0 Å². The molecule has 0 bridgehead atoms. The minimum absolute atomic E-state index is 1.22. The van der Waals surface area contributed by atoms with Crippen molar-refractivity contribution in [1.82, 2.24) is 0 Å². The van der Waals surface area contributed by atoms with E-state index in [1.807, 2.05) is 21.6 Å². The predicted octanol–water partition coefficient (Wildman–Crippen LogP) is 5.78. The van der Waals surface area contributed by atoms with E-state index in [2.05, 4.69) is 39.8 Å². The van der Waals surface area contributed by atoms with Crippen LogP contribution in [0.3, 0.4) is 0 Å². The van der Waals surface area contributed by atoms with Gasteiger partial charge in [0.15, 0.2) is 0 Å². The van der Waals surface area contributed by atoms with Gasteiger partial charge in [0.1, 0.15) is 0 Å². The monoisotopic (exact) mass is 230 g/mol. The van der Waals surface area contributed by atoms with Crippen LogP contribution in [0.15, 0.2) is 22.0 Å². The first-order valence-electron chi connectivity index (χ1n) is 5.43. The second-order valence-electron chi connectivity index (χ2n) is 3.18. The Hall–Kier alpha value is 0.180. The first-order valence-corrected chi connectivity index (χ1v) is 7.58. The summed E-state index contributed by atoms with van der Waals surface area (Å²) in [5.41, 5.74) is 0. The molecule has 0 aliphatic rings. The van der Waals surface area contributed by atoms with Crippen LogP contribution in [0.25, 0.3) is 0 Å². The molecule has 0 atom stereocenters. The zero-order chi connectivity index (χ0) is 10.8. The van der Waals surface area contributed by atoms with Gasteiger partial charge in [-0.05, 0) is 36.5 Å². The van der Waals surface area contributed by atoms with E-state index in [9.17, 15) is 0 Å². The van der Waals surface area contributed by atoms with E-state index in [-0.39, 0.29) is 0 Å². The van der Waals surface area contributed by atoms with Gasteiger partial charge >= 0.3 is 0 Å². The second kappa shape index (κ2) is 9.72. The van der Waals surface area contributed by atoms with E-state index in [1.54, 1.807) is 0 Å². The number of rotatable bonds is 7. The smallest absolute Gasteiger partial charge is 0.00813 e. The van der Waals surface area contributed by atoms with Crippen LogP contribution >= 0.6 is 21.6 Å². The Bertz CT molecular complexity index is 170. The summed E-state index contributed by atoms with van der Waals surface area (Å²) in [6, 6.07) is 0. The molecule has 0 saturated carbocycles. The SMILES string of the molecule is CC=C(CCC)SSC(=CC)CCC. The lowest BCUT2D eigenvalue weighted by atomic mass is 10.3. The molecule has 0 aromatic rings. The zero-order valence-corrected chi connectivity index (χ0v) is 11.4. The highest BCUT2D eigenvalue weighted by Gasteiger charge is 2.00. The van der Waals surface area contributed by atoms with Crippen molar-refractivity contribution < 1.29 is 0 Å². The molecule has 0 radical (unpaired) electrons. The molecule has 0 heterocycles. The Morgan fingerprint density at radius 2 is 1.21 bits per heavy atom. The summed E-state index contributed by atoms with van der Waals surface area (Å²) in [6.07, 6.45) is 9.40. The van der Waals surface area contributed by atoms with Gasteiger partial charge in [0, 0.05) is 0 Å². The van der Waals surface area contributed by atoms with Crippen molar-refractivity contribution in [2.24, 2.45) is 0 Å². The maximum Gasteiger partial charge on any atom is -0.00813 e. The molecule has 0 spiro atoms. The maximum atomic E-state index is 2.24. The van der Waals surface area contributed by atoms with Gasteiger partial charge in [-0.25, -0.2) is 0 Å². The van der Waals surface area contributed by atoms with Crippen LogP contribution in [0.4, 0.5) is 0 Å². The van der Waals surface area contributed by atoms with Crippen molar-refractivity contribution in [2.45, 2.75) is 53.4 Å². The first kappa shape index (κ1) is 14.2. The third-order valence-electron chi connectivity index (χ3n) is 1.89. The van der Waals surface area contributed by atoms with Crippen molar-refractivity contribution in [3.63, 3.8) is 0 Å². The molecular formula is C12H22S2. The van der Waals surface area contributed by atoms with Gasteiger partial charge in [0.05, 0.1) is 0 Å². The van der Waals surface area contributed by atoms with Crippen LogP contribution in [0, 0.1) is 0 Å². The maximum absolute atomic E-state index is 2.24. The Balaban J connectivity index is 3.89. The number of hydrogen-bond donors (Lipinski definition) is 0. The summed E-state index contributed by atoms with van der Waals surface area (Å²) < 4.78 is 0. The van der Waals surface area contributed by atoms with E-state index >= 15 is 0 Å². The summed E-state index contributed by atoms with van der Waals surface area (Å²) in [7, 11) is 3.86. The standard InChI is InChI=1S/C12H22S2/c1-5-9-11(7-3)13-14-12(8-4)10-6-2/h7-8H,5-6,9-10H2,1-4H3. The molecule has 0 saturated heterocycles. The Morgan fingerprint density at radius 1 is 0.857 bits per heavy atom. The van der Waals surface area contributed by atoms with Gasteiger partial charge in [-0.15, -0.1) is 0 Å². The molecule has 0 N–H and O–H groups in total. The van der Waals surface area contributed by atoms with Crippen LogP contribution in [0.1, 0.15) is 53.4 Å². The number of allylic oxidation sites excluding steroid dienone is 4. The number of hydrogen-bond acceptors (Lipinski definition) is 2. The molecule has 0 aromatic carbocycles. The van der Waals surface area contributed by atoms with Gasteiger partial charge in [-0.3, -0.25) is 0 Å². The molecule has 0 aromatic heterocycles. The van der Waals surface area contributed by atoms with Crippen LogP contribution < -0.4 is 0 Å². The topological polar surface area (TPSA) is 0 Å². The third kappa shape index (κ3) is 6.61. The highest BCUT2D eigenvalue weighted by atomic mass is 33.1. The Labute approximate surface area is 97.0 Å². The molecule has 0 fully saturated rings. The van der Waals surface area contributed by atoms with Crippen molar-refractivity contribution >= 4 is 21.6 Å². The Morgan fingerprint density at radius 3 is 1.43 bits per heavy atom. The molecular weight excluding hydrogens is 208 g/mol.